The van der Waals surface area contributed by atoms with Gasteiger partial charge >= 0.3 is 0 Å². The van der Waals surface area contributed by atoms with Gasteiger partial charge in [0, 0.05) is 5.41 Å². The highest BCUT2D eigenvalue weighted by molar-refractivity contribution is 5.27. The average Bonchev–Trinajstić information content (AvgIpc) is 2.76. The fourth-order valence-corrected chi connectivity index (χ4v) is 2.13. The van der Waals surface area contributed by atoms with Gasteiger partial charge < -0.3 is 0 Å². The van der Waals surface area contributed by atoms with E-state index in [1.807, 2.05) is 4.68 Å². The molecule has 0 N–H and O–H groups in total. The van der Waals surface area contributed by atoms with Crippen LogP contribution in [0.2, 0.25) is 0 Å². The highest BCUT2D eigenvalue weighted by Crippen LogP contribution is 2.23. The van der Waals surface area contributed by atoms with Crippen LogP contribution in [-0.2, 0) is 17.4 Å². The first kappa shape index (κ1) is 14.7. The Morgan fingerprint density at radius 3 is 2.00 bits per heavy atom. The number of nitrogens with zero attached hydrogens (tertiary/aromatic N) is 4. The van der Waals surface area contributed by atoms with Gasteiger partial charge in [-0.15, -0.1) is 5.10 Å². The predicted molar refractivity (Wildman–Crippen MR) is 80.8 cm³/mol. The molecule has 0 unspecified atom stereocenters. The van der Waals surface area contributed by atoms with E-state index in [1.165, 1.54) is 11.1 Å². The van der Waals surface area contributed by atoms with Gasteiger partial charge in [0.05, 0.1) is 6.54 Å². The molecule has 4 nitrogen and oxygen atoms in total. The second-order valence-electron chi connectivity index (χ2n) is 7.36. The topological polar surface area (TPSA) is 43.6 Å². The van der Waals surface area contributed by atoms with Crippen molar-refractivity contribution in [3.63, 3.8) is 0 Å². The standard InChI is InChI=1S/C16H24N4/c1-15(2,3)13-9-7-12(8-10-13)11-20-14(16(4,5)6)17-18-19-20/h7-10H,11H2,1-6H3. The van der Waals surface area contributed by atoms with Gasteiger partial charge in [-0.3, -0.25) is 0 Å². The number of benzene rings is 1. The molecule has 1 aromatic carbocycles. The van der Waals surface area contributed by atoms with E-state index in [2.05, 4.69) is 81.3 Å². The number of hydrogen-bond acceptors (Lipinski definition) is 3. The van der Waals surface area contributed by atoms with Crippen molar-refractivity contribution in [2.24, 2.45) is 0 Å². The Morgan fingerprint density at radius 1 is 0.900 bits per heavy atom. The van der Waals surface area contributed by atoms with Crippen LogP contribution in [0.15, 0.2) is 24.3 Å². The lowest BCUT2D eigenvalue weighted by Gasteiger charge is -2.20. The minimum absolute atomic E-state index is 0.0468. The van der Waals surface area contributed by atoms with Crippen molar-refractivity contribution in [2.45, 2.75) is 58.9 Å². The van der Waals surface area contributed by atoms with Crippen molar-refractivity contribution in [3.8, 4) is 0 Å². The first-order valence-electron chi connectivity index (χ1n) is 7.04. The molecule has 0 aliphatic rings. The maximum atomic E-state index is 4.14. The molecule has 1 heterocycles. The Morgan fingerprint density at radius 2 is 1.50 bits per heavy atom. The van der Waals surface area contributed by atoms with Gasteiger partial charge in [-0.1, -0.05) is 65.8 Å². The number of aromatic nitrogens is 4. The lowest BCUT2D eigenvalue weighted by atomic mass is 9.87. The molecule has 0 saturated carbocycles. The van der Waals surface area contributed by atoms with Crippen LogP contribution in [0.3, 0.4) is 0 Å². The molecule has 2 aromatic rings. The normalized spacial score (nSPS) is 12.7. The van der Waals surface area contributed by atoms with Crippen LogP contribution in [-0.4, -0.2) is 20.2 Å². The zero-order valence-corrected chi connectivity index (χ0v) is 13.3. The van der Waals surface area contributed by atoms with Crippen molar-refractivity contribution in [2.75, 3.05) is 0 Å². The molecule has 2 rings (SSSR count). The molecule has 0 atom stereocenters. The highest BCUT2D eigenvalue weighted by Gasteiger charge is 2.22. The van der Waals surface area contributed by atoms with E-state index in [9.17, 15) is 0 Å². The van der Waals surface area contributed by atoms with Gasteiger partial charge in [0.25, 0.3) is 0 Å². The van der Waals surface area contributed by atoms with Crippen LogP contribution in [0.4, 0.5) is 0 Å². The van der Waals surface area contributed by atoms with Gasteiger partial charge in [-0.25, -0.2) is 4.68 Å². The monoisotopic (exact) mass is 272 g/mol. The molecular weight excluding hydrogens is 248 g/mol. The van der Waals surface area contributed by atoms with E-state index in [1.54, 1.807) is 0 Å². The maximum Gasteiger partial charge on any atom is 0.156 e. The predicted octanol–water partition coefficient (Wildman–Crippen LogP) is 3.32. The first-order chi connectivity index (χ1) is 9.18. The van der Waals surface area contributed by atoms with E-state index < -0.39 is 0 Å². The number of hydrogen-bond donors (Lipinski definition) is 0. The first-order valence-corrected chi connectivity index (χ1v) is 7.04. The third kappa shape index (κ3) is 3.24. The lowest BCUT2D eigenvalue weighted by Crippen LogP contribution is -2.20. The van der Waals surface area contributed by atoms with E-state index in [0.717, 1.165) is 5.82 Å². The van der Waals surface area contributed by atoms with Crippen molar-refractivity contribution in [1.82, 2.24) is 20.2 Å². The Labute approximate surface area is 121 Å². The molecule has 20 heavy (non-hydrogen) atoms. The molecule has 108 valence electrons. The Kier molecular flexibility index (Phi) is 3.67. The summed E-state index contributed by atoms with van der Waals surface area (Å²) in [7, 11) is 0. The zero-order chi connectivity index (χ0) is 15.0. The van der Waals surface area contributed by atoms with Crippen LogP contribution in [0.5, 0.6) is 0 Å². The minimum Gasteiger partial charge on any atom is -0.225 e. The Balaban J connectivity index is 2.22. The second-order valence-corrected chi connectivity index (χ2v) is 7.36. The van der Waals surface area contributed by atoms with Crippen LogP contribution < -0.4 is 0 Å². The summed E-state index contributed by atoms with van der Waals surface area (Å²) < 4.78 is 1.88. The zero-order valence-electron chi connectivity index (χ0n) is 13.3. The van der Waals surface area contributed by atoms with Gasteiger partial charge in [0.15, 0.2) is 5.82 Å². The molecule has 0 fully saturated rings. The summed E-state index contributed by atoms with van der Waals surface area (Å²) in [5.41, 5.74) is 2.70. The van der Waals surface area contributed by atoms with Crippen LogP contribution in [0.25, 0.3) is 0 Å². The van der Waals surface area contributed by atoms with Gasteiger partial charge in [0.1, 0.15) is 0 Å². The van der Waals surface area contributed by atoms with E-state index in [0.29, 0.717) is 6.54 Å². The van der Waals surface area contributed by atoms with Crippen LogP contribution in [0.1, 0.15) is 58.5 Å². The number of tetrazole rings is 1. The minimum atomic E-state index is -0.0468. The Hall–Kier alpha value is -1.71. The third-order valence-electron chi connectivity index (χ3n) is 3.36. The van der Waals surface area contributed by atoms with Crippen molar-refractivity contribution in [1.29, 1.82) is 0 Å². The molecule has 1 aromatic heterocycles. The summed E-state index contributed by atoms with van der Waals surface area (Å²) in [5.74, 6) is 0.914. The van der Waals surface area contributed by atoms with Gasteiger partial charge in [-0.2, -0.15) is 0 Å². The quantitative estimate of drug-likeness (QED) is 0.842. The smallest absolute Gasteiger partial charge is 0.156 e. The summed E-state index contributed by atoms with van der Waals surface area (Å²) in [4.78, 5) is 0. The van der Waals surface area contributed by atoms with Crippen molar-refractivity contribution >= 4 is 0 Å². The third-order valence-corrected chi connectivity index (χ3v) is 3.36. The van der Waals surface area contributed by atoms with Crippen molar-refractivity contribution < 1.29 is 0 Å². The molecular formula is C16H24N4. The van der Waals surface area contributed by atoms with Gasteiger partial charge in [-0.05, 0) is 27.0 Å². The second kappa shape index (κ2) is 5.00. The van der Waals surface area contributed by atoms with Crippen molar-refractivity contribution in [3.05, 3.63) is 41.2 Å². The lowest BCUT2D eigenvalue weighted by molar-refractivity contribution is 0.490. The molecule has 0 aliphatic heterocycles. The molecule has 0 saturated heterocycles. The Bertz CT molecular complexity index is 568. The maximum absolute atomic E-state index is 4.14. The molecule has 4 heteroatoms. The summed E-state index contributed by atoms with van der Waals surface area (Å²) in [6.45, 7) is 13.8. The average molecular weight is 272 g/mol. The summed E-state index contributed by atoms with van der Waals surface area (Å²) >= 11 is 0. The highest BCUT2D eigenvalue weighted by atomic mass is 15.5. The molecule has 0 bridgehead atoms. The molecule has 0 radical (unpaired) electrons. The fourth-order valence-electron chi connectivity index (χ4n) is 2.13. The van der Waals surface area contributed by atoms with E-state index in [4.69, 9.17) is 0 Å². The summed E-state index contributed by atoms with van der Waals surface area (Å²) in [5, 5.41) is 12.1. The molecule has 0 aliphatic carbocycles. The fraction of sp³-hybridized carbons (Fsp3) is 0.562. The van der Waals surface area contributed by atoms with Gasteiger partial charge in [0.2, 0.25) is 0 Å². The SMILES string of the molecule is CC(C)(C)c1ccc(Cn2nnnc2C(C)(C)C)cc1. The summed E-state index contributed by atoms with van der Waals surface area (Å²) in [6, 6.07) is 8.70. The largest absolute Gasteiger partial charge is 0.225 e. The molecule has 0 amide bonds. The van der Waals surface area contributed by atoms with Crippen LogP contribution in [0, 0.1) is 0 Å². The van der Waals surface area contributed by atoms with E-state index >= 15 is 0 Å². The van der Waals surface area contributed by atoms with Crippen LogP contribution >= 0.6 is 0 Å². The van der Waals surface area contributed by atoms with E-state index in [-0.39, 0.29) is 10.8 Å². The number of rotatable bonds is 2. The molecule has 0 spiro atoms. The summed E-state index contributed by atoms with van der Waals surface area (Å²) in [6.07, 6.45) is 0.